The van der Waals surface area contributed by atoms with Crippen LogP contribution in [0.25, 0.3) is 0 Å². The molecule has 3 aromatic carbocycles. The molecule has 334 valence electrons. The molecule has 0 spiro atoms. The molecule has 0 unspecified atom stereocenters. The minimum atomic E-state index is -1.13. The van der Waals surface area contributed by atoms with Crippen LogP contribution in [0.5, 0.6) is 17.2 Å². The van der Waals surface area contributed by atoms with Crippen molar-refractivity contribution in [1.82, 2.24) is 39.6 Å². The second-order valence-corrected chi connectivity index (χ2v) is 15.3. The Morgan fingerprint density at radius 2 is 1.02 bits per heavy atom. The zero-order valence-electron chi connectivity index (χ0n) is 35.9. The van der Waals surface area contributed by atoms with Crippen LogP contribution in [0.2, 0.25) is 0 Å². The van der Waals surface area contributed by atoms with E-state index in [2.05, 4.69) is 31.2 Å². The SMILES string of the molecule is COc1ccc(Cn2nc(NC(=O)c3cc(NC(=O)c4cc([N+](=O)[O-])nn4Cc4ccc(OC)cc4)nn3Cc3ccc(OC)cc3)cc2C(=O)NCCN(C(=O)O)C(C)(C)C)cc1. The van der Waals surface area contributed by atoms with Gasteiger partial charge < -0.3 is 50.3 Å². The summed E-state index contributed by atoms with van der Waals surface area (Å²) in [6.07, 6.45) is -1.13. The zero-order valence-corrected chi connectivity index (χ0v) is 35.9. The maximum Gasteiger partial charge on any atom is 0.407 e. The van der Waals surface area contributed by atoms with E-state index >= 15 is 0 Å². The quantitative estimate of drug-likeness (QED) is 0.0627. The number of benzene rings is 3. The lowest BCUT2D eigenvalue weighted by Gasteiger charge is -2.33. The van der Waals surface area contributed by atoms with Crippen LogP contribution in [-0.4, -0.2) is 108 Å². The largest absolute Gasteiger partial charge is 0.497 e. The first-order chi connectivity index (χ1) is 30.5. The highest BCUT2D eigenvalue weighted by Gasteiger charge is 2.28. The molecule has 0 aliphatic heterocycles. The number of anilines is 2. The fourth-order valence-corrected chi connectivity index (χ4v) is 6.52. The highest BCUT2D eigenvalue weighted by Crippen LogP contribution is 2.22. The molecule has 64 heavy (non-hydrogen) atoms. The number of carbonyl (C=O) groups excluding carboxylic acids is 3. The van der Waals surface area contributed by atoms with Crippen molar-refractivity contribution in [3.8, 4) is 17.2 Å². The Morgan fingerprint density at radius 1 is 0.641 bits per heavy atom. The molecule has 3 aromatic heterocycles. The van der Waals surface area contributed by atoms with Gasteiger partial charge in [0.1, 0.15) is 28.6 Å². The second kappa shape index (κ2) is 19.6. The van der Waals surface area contributed by atoms with Gasteiger partial charge in [-0.25, -0.2) is 4.79 Å². The molecule has 0 fully saturated rings. The number of nitrogens with zero attached hydrogens (tertiary/aromatic N) is 8. The van der Waals surface area contributed by atoms with Crippen LogP contribution < -0.4 is 30.2 Å². The van der Waals surface area contributed by atoms with Gasteiger partial charge in [-0.2, -0.15) is 14.9 Å². The van der Waals surface area contributed by atoms with Gasteiger partial charge in [0.25, 0.3) is 17.7 Å². The van der Waals surface area contributed by atoms with E-state index in [1.54, 1.807) is 101 Å². The molecule has 0 saturated heterocycles. The number of carboxylic acid groups (broad SMARTS) is 1. The lowest BCUT2D eigenvalue weighted by Crippen LogP contribution is -2.48. The minimum Gasteiger partial charge on any atom is -0.497 e. The Morgan fingerprint density at radius 3 is 1.38 bits per heavy atom. The van der Waals surface area contributed by atoms with E-state index in [1.807, 2.05) is 0 Å². The van der Waals surface area contributed by atoms with Crippen molar-refractivity contribution in [3.63, 3.8) is 0 Å². The van der Waals surface area contributed by atoms with E-state index in [0.29, 0.717) is 22.8 Å². The monoisotopic (exact) mass is 877 g/mol. The van der Waals surface area contributed by atoms with Crippen LogP contribution in [0.15, 0.2) is 91.0 Å². The summed E-state index contributed by atoms with van der Waals surface area (Å²) in [7, 11) is 4.60. The van der Waals surface area contributed by atoms with Crippen molar-refractivity contribution in [3.05, 3.63) is 135 Å². The molecule has 6 rings (SSSR count). The summed E-state index contributed by atoms with van der Waals surface area (Å²) >= 11 is 0. The van der Waals surface area contributed by atoms with Gasteiger partial charge in [-0.05, 0) is 78.8 Å². The fraction of sp³-hybridized carbons (Fsp3) is 0.279. The van der Waals surface area contributed by atoms with E-state index in [0.717, 1.165) is 17.2 Å². The molecule has 0 atom stereocenters. The van der Waals surface area contributed by atoms with Gasteiger partial charge in [0.05, 0.1) is 52.1 Å². The maximum atomic E-state index is 14.2. The summed E-state index contributed by atoms with van der Waals surface area (Å²) in [5, 5.41) is 42.7. The smallest absolute Gasteiger partial charge is 0.407 e. The fourth-order valence-electron chi connectivity index (χ4n) is 6.52. The van der Waals surface area contributed by atoms with Gasteiger partial charge in [-0.15, -0.1) is 0 Å². The van der Waals surface area contributed by atoms with E-state index in [1.165, 1.54) is 45.3 Å². The molecule has 21 nitrogen and oxygen atoms in total. The Bertz CT molecular complexity index is 2630. The first kappa shape index (κ1) is 45.3. The third kappa shape index (κ3) is 11.2. The molecule has 4 N–H and O–H groups in total. The summed E-state index contributed by atoms with van der Waals surface area (Å²) in [6.45, 7) is 5.44. The normalized spacial score (nSPS) is 11.1. The van der Waals surface area contributed by atoms with Crippen LogP contribution in [-0.2, 0) is 19.6 Å². The molecule has 0 saturated carbocycles. The number of nitrogens with one attached hydrogen (secondary N) is 3. The van der Waals surface area contributed by atoms with Crippen molar-refractivity contribution in [1.29, 1.82) is 0 Å². The summed E-state index contributed by atoms with van der Waals surface area (Å²) in [5.74, 6) is -0.821. The van der Waals surface area contributed by atoms with Crippen molar-refractivity contribution >= 4 is 41.3 Å². The van der Waals surface area contributed by atoms with E-state index in [4.69, 9.17) is 14.2 Å². The van der Waals surface area contributed by atoms with Crippen molar-refractivity contribution in [2.45, 2.75) is 45.9 Å². The van der Waals surface area contributed by atoms with Gasteiger partial charge in [0.2, 0.25) is 0 Å². The van der Waals surface area contributed by atoms with Crippen LogP contribution in [0.3, 0.4) is 0 Å². The van der Waals surface area contributed by atoms with Crippen molar-refractivity contribution < 1.29 is 43.4 Å². The van der Waals surface area contributed by atoms with Gasteiger partial charge in [-0.1, -0.05) is 36.4 Å². The molecular weight excluding hydrogens is 831 g/mol. The summed E-state index contributed by atoms with van der Waals surface area (Å²) in [5.41, 5.74) is 1.37. The number of ether oxygens (including phenoxy) is 3. The van der Waals surface area contributed by atoms with Crippen LogP contribution in [0, 0.1) is 10.1 Å². The topological polar surface area (TPSA) is 252 Å². The molecule has 0 radical (unpaired) electrons. The Kier molecular flexibility index (Phi) is 13.9. The molecule has 0 aliphatic carbocycles. The average molecular weight is 878 g/mol. The van der Waals surface area contributed by atoms with E-state index < -0.39 is 40.1 Å². The molecule has 6 aromatic rings. The van der Waals surface area contributed by atoms with Gasteiger partial charge >= 0.3 is 11.9 Å². The average Bonchev–Trinajstić information content (AvgIpc) is 3.99. The van der Waals surface area contributed by atoms with Crippen LogP contribution in [0.4, 0.5) is 22.2 Å². The molecule has 0 aliphatic rings. The number of hydrogen-bond acceptors (Lipinski definition) is 12. The predicted molar refractivity (Wildman–Crippen MR) is 232 cm³/mol. The molecular formula is C43H47N11O10. The minimum absolute atomic E-state index is 0.00282. The number of hydrogen-bond donors (Lipinski definition) is 4. The lowest BCUT2D eigenvalue weighted by molar-refractivity contribution is -0.389. The zero-order chi connectivity index (χ0) is 46.1. The number of carbonyl (C=O) groups is 4. The number of aromatic nitrogens is 6. The van der Waals surface area contributed by atoms with Crippen LogP contribution in [0.1, 0.15) is 68.9 Å². The molecule has 0 bridgehead atoms. The molecule has 21 heteroatoms. The number of nitro groups is 1. The third-order valence-electron chi connectivity index (χ3n) is 9.83. The third-order valence-corrected chi connectivity index (χ3v) is 9.83. The molecule has 3 heterocycles. The number of methoxy groups -OCH3 is 3. The Hall–Kier alpha value is -8.23. The standard InChI is InChI=1S/C43H47N11O10/c1-43(2,3)50(42(58)59)20-19-44-39(55)33-21-36(47-51(33)24-27-7-13-30(62-4)14-8-27)45-40(56)34-22-37(48-52(34)25-28-9-15-31(63-5)16-10-28)46-41(57)35-23-38(54(60)61)49-53(35)26-29-11-17-32(64-6)18-12-29/h7-18,21-23H,19-20,24-26H2,1-6H3,(H,44,55)(H,58,59)(H,45,47,56)(H,46,48,57). The van der Waals surface area contributed by atoms with Crippen molar-refractivity contribution in [2.75, 3.05) is 45.1 Å². The summed E-state index contributed by atoms with van der Waals surface area (Å²) < 4.78 is 19.7. The summed E-state index contributed by atoms with van der Waals surface area (Å²) in [4.78, 5) is 65.7. The van der Waals surface area contributed by atoms with Gasteiger partial charge in [-0.3, -0.25) is 23.7 Å². The maximum absolute atomic E-state index is 14.2. The number of amides is 4. The van der Waals surface area contributed by atoms with Gasteiger partial charge in [0.15, 0.2) is 17.3 Å². The van der Waals surface area contributed by atoms with Crippen molar-refractivity contribution in [2.24, 2.45) is 0 Å². The first-order valence-electron chi connectivity index (χ1n) is 19.7. The van der Waals surface area contributed by atoms with E-state index in [9.17, 15) is 34.4 Å². The molecule has 4 amide bonds. The highest BCUT2D eigenvalue weighted by atomic mass is 16.6. The lowest BCUT2D eigenvalue weighted by atomic mass is 10.1. The van der Waals surface area contributed by atoms with Gasteiger partial charge in [0, 0.05) is 30.8 Å². The first-order valence-corrected chi connectivity index (χ1v) is 19.7. The predicted octanol–water partition coefficient (Wildman–Crippen LogP) is 5.37. The Balaban J connectivity index is 1.29. The summed E-state index contributed by atoms with van der Waals surface area (Å²) in [6, 6.07) is 24.8. The van der Waals surface area contributed by atoms with Crippen LogP contribution >= 0.6 is 0 Å². The highest BCUT2D eigenvalue weighted by molar-refractivity contribution is 6.06. The van der Waals surface area contributed by atoms with E-state index in [-0.39, 0.29) is 61.4 Å². The number of rotatable bonds is 18. The second-order valence-electron chi connectivity index (χ2n) is 15.3. The Labute approximate surface area is 366 Å².